The van der Waals surface area contributed by atoms with Crippen LogP contribution in [0.1, 0.15) is 5.56 Å². The van der Waals surface area contributed by atoms with Crippen molar-refractivity contribution in [3.05, 3.63) is 46.4 Å². The maximum atomic E-state index is 12.5. The lowest BCUT2D eigenvalue weighted by molar-refractivity contribution is -0.123. The maximum absolute atomic E-state index is 12.5. The predicted molar refractivity (Wildman–Crippen MR) is 110 cm³/mol. The summed E-state index contributed by atoms with van der Waals surface area (Å²) >= 11 is 3.34. The Hall–Kier alpha value is -2.59. The van der Waals surface area contributed by atoms with E-state index in [0.717, 1.165) is 10.7 Å². The molecular formula is C18H18BrN3O5S. The van der Waals surface area contributed by atoms with E-state index >= 15 is 0 Å². The predicted octanol–water partition coefficient (Wildman–Crippen LogP) is 2.49. The van der Waals surface area contributed by atoms with Gasteiger partial charge in [0, 0.05) is 10.2 Å². The summed E-state index contributed by atoms with van der Waals surface area (Å²) in [6, 6.07) is 10.1. The van der Waals surface area contributed by atoms with E-state index in [2.05, 4.69) is 26.0 Å². The number of hydrogen-bond donors (Lipinski definition) is 2. The van der Waals surface area contributed by atoms with Crippen molar-refractivity contribution < 1.29 is 22.7 Å². The third-order valence-corrected chi connectivity index (χ3v) is 5.07. The Labute approximate surface area is 171 Å². The van der Waals surface area contributed by atoms with Crippen molar-refractivity contribution in [3.8, 4) is 5.75 Å². The number of benzene rings is 2. The molecule has 0 saturated heterocycles. The third kappa shape index (κ3) is 4.82. The van der Waals surface area contributed by atoms with Crippen LogP contribution in [0.3, 0.4) is 0 Å². The van der Waals surface area contributed by atoms with Crippen LogP contribution >= 0.6 is 15.9 Å². The van der Waals surface area contributed by atoms with Crippen molar-refractivity contribution >= 4 is 54.8 Å². The second-order valence-electron chi connectivity index (χ2n) is 6.33. The maximum Gasteiger partial charge on any atom is 0.265 e. The fraction of sp³-hybridized carbons (Fsp3) is 0.222. The molecule has 0 radical (unpaired) electrons. The van der Waals surface area contributed by atoms with Gasteiger partial charge >= 0.3 is 0 Å². The number of fused-ring (bicyclic) bond motifs is 1. The van der Waals surface area contributed by atoms with E-state index < -0.39 is 15.9 Å². The van der Waals surface area contributed by atoms with Crippen LogP contribution in [-0.2, 0) is 19.6 Å². The van der Waals surface area contributed by atoms with E-state index in [1.54, 1.807) is 37.3 Å². The Kier molecular flexibility index (Phi) is 5.61. The molecule has 0 fully saturated rings. The number of nitrogens with one attached hydrogen (secondary N) is 2. The lowest BCUT2D eigenvalue weighted by Gasteiger charge is -2.29. The van der Waals surface area contributed by atoms with Gasteiger partial charge in [0.15, 0.2) is 6.61 Å². The first kappa shape index (κ1) is 20.2. The van der Waals surface area contributed by atoms with E-state index in [1.807, 2.05) is 0 Å². The highest BCUT2D eigenvalue weighted by molar-refractivity contribution is 9.10. The number of carbonyl (C=O) groups excluding carboxylic acids is 2. The number of aryl methyl sites for hydroxylation is 1. The highest BCUT2D eigenvalue weighted by atomic mass is 79.9. The molecule has 1 aliphatic rings. The Balaban J connectivity index is 1.76. The molecule has 0 saturated carbocycles. The van der Waals surface area contributed by atoms with Crippen molar-refractivity contribution in [2.45, 2.75) is 6.92 Å². The van der Waals surface area contributed by atoms with Crippen molar-refractivity contribution in [3.63, 3.8) is 0 Å². The number of anilines is 3. The summed E-state index contributed by atoms with van der Waals surface area (Å²) in [5, 5.41) is 2.69. The summed E-state index contributed by atoms with van der Waals surface area (Å²) < 4.78 is 31.5. The van der Waals surface area contributed by atoms with E-state index in [-0.39, 0.29) is 19.1 Å². The molecule has 1 aliphatic heterocycles. The van der Waals surface area contributed by atoms with Gasteiger partial charge in [0.1, 0.15) is 12.3 Å². The number of hydrogen-bond acceptors (Lipinski definition) is 5. The number of halogens is 1. The monoisotopic (exact) mass is 467 g/mol. The third-order valence-electron chi connectivity index (χ3n) is 3.98. The van der Waals surface area contributed by atoms with Crippen LogP contribution in [0.2, 0.25) is 0 Å². The highest BCUT2D eigenvalue weighted by Crippen LogP contribution is 2.34. The quantitative estimate of drug-likeness (QED) is 0.702. The zero-order valence-corrected chi connectivity index (χ0v) is 17.6. The Morgan fingerprint density at radius 2 is 2.00 bits per heavy atom. The van der Waals surface area contributed by atoms with Crippen molar-refractivity contribution in [1.82, 2.24) is 0 Å². The lowest BCUT2D eigenvalue weighted by Crippen LogP contribution is -2.43. The molecular weight excluding hydrogens is 450 g/mol. The van der Waals surface area contributed by atoms with E-state index in [9.17, 15) is 18.0 Å². The zero-order valence-electron chi connectivity index (χ0n) is 15.2. The first-order valence-electron chi connectivity index (χ1n) is 8.23. The van der Waals surface area contributed by atoms with Gasteiger partial charge in [-0.25, -0.2) is 8.42 Å². The molecule has 0 unspecified atom stereocenters. The molecule has 2 N–H and O–H groups in total. The fourth-order valence-electron chi connectivity index (χ4n) is 2.71. The van der Waals surface area contributed by atoms with Gasteiger partial charge in [-0.15, -0.1) is 0 Å². The average molecular weight is 468 g/mol. The first-order chi connectivity index (χ1) is 13.1. The summed E-state index contributed by atoms with van der Waals surface area (Å²) in [4.78, 5) is 26.1. The van der Waals surface area contributed by atoms with Crippen molar-refractivity contribution in [2.24, 2.45) is 0 Å². The molecule has 0 aromatic heterocycles. The topological polar surface area (TPSA) is 105 Å². The minimum absolute atomic E-state index is 0.149. The van der Waals surface area contributed by atoms with E-state index in [0.29, 0.717) is 28.4 Å². The minimum Gasteiger partial charge on any atom is -0.482 e. The molecule has 2 aromatic carbocycles. The normalized spacial score (nSPS) is 13.5. The van der Waals surface area contributed by atoms with Gasteiger partial charge in [-0.05, 0) is 42.8 Å². The summed E-state index contributed by atoms with van der Waals surface area (Å²) in [7, 11) is -3.45. The largest absolute Gasteiger partial charge is 0.482 e. The summed E-state index contributed by atoms with van der Waals surface area (Å²) in [5.74, 6) is -0.233. The summed E-state index contributed by atoms with van der Waals surface area (Å²) in [5.41, 5.74) is 2.01. The van der Waals surface area contributed by atoms with Gasteiger partial charge < -0.3 is 10.1 Å². The van der Waals surface area contributed by atoms with Crippen LogP contribution in [0.25, 0.3) is 0 Å². The molecule has 10 heteroatoms. The summed E-state index contributed by atoms with van der Waals surface area (Å²) in [6.07, 6.45) is 1.05. The van der Waals surface area contributed by atoms with Crippen molar-refractivity contribution in [1.29, 1.82) is 0 Å². The van der Waals surface area contributed by atoms with Gasteiger partial charge in [-0.3, -0.25) is 19.2 Å². The van der Waals surface area contributed by atoms with Crippen LogP contribution in [0, 0.1) is 6.92 Å². The van der Waals surface area contributed by atoms with Crippen LogP contribution in [0.4, 0.5) is 17.1 Å². The Morgan fingerprint density at radius 3 is 2.71 bits per heavy atom. The second-order valence-corrected chi connectivity index (χ2v) is 9.00. The number of amides is 2. The molecule has 0 bridgehead atoms. The van der Waals surface area contributed by atoms with Gasteiger partial charge in [-0.1, -0.05) is 22.0 Å². The van der Waals surface area contributed by atoms with Crippen LogP contribution < -0.4 is 19.7 Å². The number of ether oxygens (including phenoxy) is 1. The minimum atomic E-state index is -3.45. The molecule has 3 rings (SSSR count). The molecule has 2 aromatic rings. The molecule has 8 nitrogen and oxygen atoms in total. The zero-order chi connectivity index (χ0) is 20.5. The lowest BCUT2D eigenvalue weighted by atomic mass is 10.2. The number of nitrogens with zero attached hydrogens (tertiary/aromatic N) is 1. The number of rotatable bonds is 5. The number of sulfonamides is 1. The fourth-order valence-corrected chi connectivity index (χ4v) is 3.66. The standard InChI is InChI=1S/C18H18BrN3O5S/c1-11-3-5-13(8-14(11)21-28(2,25)26)20-17(23)9-22-15-6-4-12(19)7-16(15)27-10-18(22)24/h3-8,21H,9-10H2,1-2H3,(H,20,23). The highest BCUT2D eigenvalue weighted by Gasteiger charge is 2.27. The van der Waals surface area contributed by atoms with Gasteiger partial charge in [-0.2, -0.15) is 0 Å². The Morgan fingerprint density at radius 1 is 1.25 bits per heavy atom. The van der Waals surface area contributed by atoms with E-state index in [1.165, 1.54) is 11.0 Å². The van der Waals surface area contributed by atoms with Crippen molar-refractivity contribution in [2.75, 3.05) is 34.3 Å². The SMILES string of the molecule is Cc1ccc(NC(=O)CN2C(=O)COc3cc(Br)ccc32)cc1NS(C)(=O)=O. The van der Waals surface area contributed by atoms with Crippen LogP contribution in [-0.4, -0.2) is 39.6 Å². The molecule has 28 heavy (non-hydrogen) atoms. The first-order valence-corrected chi connectivity index (χ1v) is 10.9. The van der Waals surface area contributed by atoms with E-state index in [4.69, 9.17) is 4.74 Å². The molecule has 2 amide bonds. The van der Waals surface area contributed by atoms with Gasteiger partial charge in [0.05, 0.1) is 17.6 Å². The molecule has 0 spiro atoms. The molecule has 1 heterocycles. The molecule has 0 aliphatic carbocycles. The summed E-state index contributed by atoms with van der Waals surface area (Å²) in [6.45, 7) is 1.41. The van der Waals surface area contributed by atoms with Gasteiger partial charge in [0.25, 0.3) is 5.91 Å². The molecule has 148 valence electrons. The number of carbonyl (C=O) groups is 2. The second kappa shape index (κ2) is 7.80. The smallest absolute Gasteiger partial charge is 0.265 e. The molecule has 0 atom stereocenters. The van der Waals surface area contributed by atoms with Crippen LogP contribution in [0.15, 0.2) is 40.9 Å². The van der Waals surface area contributed by atoms with Gasteiger partial charge in [0.2, 0.25) is 15.9 Å². The average Bonchev–Trinajstić information content (AvgIpc) is 2.59. The van der Waals surface area contributed by atoms with Crippen LogP contribution in [0.5, 0.6) is 5.75 Å². The Bertz CT molecular complexity index is 1060.